The van der Waals surface area contributed by atoms with Crippen molar-refractivity contribution in [2.75, 3.05) is 6.61 Å². The van der Waals surface area contributed by atoms with Crippen molar-refractivity contribution in [3.05, 3.63) is 22.2 Å². The maximum Gasteiger partial charge on any atom is 0.341 e. The van der Waals surface area contributed by atoms with Gasteiger partial charge in [-0.25, -0.2) is 14.8 Å². The predicted octanol–water partition coefficient (Wildman–Crippen LogP) is 1.72. The van der Waals surface area contributed by atoms with Crippen LogP contribution < -0.4 is 0 Å². The van der Waals surface area contributed by atoms with Crippen LogP contribution in [-0.4, -0.2) is 22.5 Å². The van der Waals surface area contributed by atoms with Gasteiger partial charge in [-0.15, -0.1) is 0 Å². The molecule has 70 valence electrons. The highest BCUT2D eigenvalue weighted by Gasteiger charge is 2.11. The van der Waals surface area contributed by atoms with Crippen LogP contribution in [0.5, 0.6) is 0 Å². The van der Waals surface area contributed by atoms with E-state index in [1.54, 1.807) is 13.8 Å². The summed E-state index contributed by atoms with van der Waals surface area (Å²) in [5.41, 5.74) is 1.02. The second kappa shape index (κ2) is 4.32. The Bertz CT molecular complexity index is 328. The second-order valence-corrected chi connectivity index (χ2v) is 3.07. The molecule has 1 aromatic heterocycles. The SMILES string of the molecule is CCOC(=O)c1cnc(Br)nc1C. The standard InChI is InChI=1S/C8H9BrN2O2/c1-3-13-7(12)6-4-10-8(9)11-5(6)2/h4H,3H2,1-2H3. The Labute approximate surface area is 84.5 Å². The average Bonchev–Trinajstić information content (AvgIpc) is 2.04. The summed E-state index contributed by atoms with van der Waals surface area (Å²) >= 11 is 3.11. The lowest BCUT2D eigenvalue weighted by atomic mass is 10.2. The van der Waals surface area contributed by atoms with Gasteiger partial charge in [0.25, 0.3) is 0 Å². The first-order valence-corrected chi connectivity index (χ1v) is 4.60. The van der Waals surface area contributed by atoms with E-state index in [1.807, 2.05) is 0 Å². The van der Waals surface area contributed by atoms with E-state index in [2.05, 4.69) is 25.9 Å². The molecule has 0 unspecified atom stereocenters. The van der Waals surface area contributed by atoms with Crippen LogP contribution in [0.15, 0.2) is 10.9 Å². The van der Waals surface area contributed by atoms with Gasteiger partial charge in [-0.2, -0.15) is 0 Å². The van der Waals surface area contributed by atoms with E-state index in [1.165, 1.54) is 6.20 Å². The van der Waals surface area contributed by atoms with Gasteiger partial charge in [-0.05, 0) is 29.8 Å². The number of aromatic nitrogens is 2. The fraction of sp³-hybridized carbons (Fsp3) is 0.375. The second-order valence-electron chi connectivity index (χ2n) is 2.36. The number of aryl methyl sites for hydroxylation is 1. The van der Waals surface area contributed by atoms with Crippen LogP contribution in [0.4, 0.5) is 0 Å². The summed E-state index contributed by atoms with van der Waals surface area (Å²) in [4.78, 5) is 19.1. The van der Waals surface area contributed by atoms with Crippen LogP contribution in [0.3, 0.4) is 0 Å². The Morgan fingerprint density at radius 3 is 2.92 bits per heavy atom. The third-order valence-corrected chi connectivity index (χ3v) is 1.83. The molecule has 0 spiro atoms. The zero-order valence-electron chi connectivity index (χ0n) is 7.37. The molecule has 0 N–H and O–H groups in total. The zero-order chi connectivity index (χ0) is 9.84. The summed E-state index contributed by atoms with van der Waals surface area (Å²) in [6, 6.07) is 0. The molecule has 1 heterocycles. The number of halogens is 1. The summed E-state index contributed by atoms with van der Waals surface area (Å²) in [5, 5.41) is 0. The van der Waals surface area contributed by atoms with Crippen molar-refractivity contribution in [2.24, 2.45) is 0 Å². The molecule has 4 nitrogen and oxygen atoms in total. The molecule has 13 heavy (non-hydrogen) atoms. The van der Waals surface area contributed by atoms with E-state index < -0.39 is 0 Å². The van der Waals surface area contributed by atoms with E-state index in [4.69, 9.17) is 4.74 Å². The molecule has 0 aliphatic carbocycles. The molecule has 0 aliphatic heterocycles. The molecular weight excluding hydrogens is 236 g/mol. The van der Waals surface area contributed by atoms with Crippen molar-refractivity contribution >= 4 is 21.9 Å². The Kier molecular flexibility index (Phi) is 3.36. The van der Waals surface area contributed by atoms with Crippen LogP contribution in [0.25, 0.3) is 0 Å². The van der Waals surface area contributed by atoms with Crippen LogP contribution in [-0.2, 0) is 4.74 Å². The Hall–Kier alpha value is -0.970. The first-order valence-electron chi connectivity index (χ1n) is 3.81. The van der Waals surface area contributed by atoms with Gasteiger partial charge < -0.3 is 4.74 Å². The molecule has 1 rings (SSSR count). The van der Waals surface area contributed by atoms with Crippen molar-refractivity contribution in [2.45, 2.75) is 13.8 Å². The van der Waals surface area contributed by atoms with E-state index in [0.29, 0.717) is 22.6 Å². The molecule has 0 saturated carbocycles. The molecule has 1 aromatic rings. The van der Waals surface area contributed by atoms with Crippen LogP contribution in [0.2, 0.25) is 0 Å². The highest BCUT2D eigenvalue weighted by atomic mass is 79.9. The average molecular weight is 245 g/mol. The van der Waals surface area contributed by atoms with Crippen molar-refractivity contribution in [3.8, 4) is 0 Å². The summed E-state index contributed by atoms with van der Waals surface area (Å²) in [5.74, 6) is -0.382. The number of esters is 1. The largest absolute Gasteiger partial charge is 0.462 e. The Morgan fingerprint density at radius 1 is 1.69 bits per heavy atom. The van der Waals surface area contributed by atoms with Gasteiger partial charge in [0.2, 0.25) is 0 Å². The summed E-state index contributed by atoms with van der Waals surface area (Å²) in [6.45, 7) is 3.85. The van der Waals surface area contributed by atoms with Gasteiger partial charge in [0.1, 0.15) is 0 Å². The molecule has 5 heteroatoms. The number of carbonyl (C=O) groups excluding carboxylic acids is 1. The first kappa shape index (κ1) is 10.1. The lowest BCUT2D eigenvalue weighted by Crippen LogP contribution is -2.08. The number of hydrogen-bond acceptors (Lipinski definition) is 4. The smallest absolute Gasteiger partial charge is 0.341 e. The van der Waals surface area contributed by atoms with Crippen molar-refractivity contribution < 1.29 is 9.53 Å². The van der Waals surface area contributed by atoms with Gasteiger partial charge in [0.15, 0.2) is 4.73 Å². The number of rotatable bonds is 2. The van der Waals surface area contributed by atoms with E-state index in [-0.39, 0.29) is 5.97 Å². The van der Waals surface area contributed by atoms with Crippen molar-refractivity contribution in [1.82, 2.24) is 9.97 Å². The van der Waals surface area contributed by atoms with E-state index in [0.717, 1.165) is 0 Å². The lowest BCUT2D eigenvalue weighted by Gasteiger charge is -2.03. The van der Waals surface area contributed by atoms with Crippen molar-refractivity contribution in [3.63, 3.8) is 0 Å². The quantitative estimate of drug-likeness (QED) is 0.588. The van der Waals surface area contributed by atoms with E-state index >= 15 is 0 Å². The Balaban J connectivity index is 2.95. The van der Waals surface area contributed by atoms with Gasteiger partial charge in [0.05, 0.1) is 17.9 Å². The van der Waals surface area contributed by atoms with Gasteiger partial charge in [-0.3, -0.25) is 0 Å². The van der Waals surface area contributed by atoms with Gasteiger partial charge >= 0.3 is 5.97 Å². The van der Waals surface area contributed by atoms with Crippen LogP contribution >= 0.6 is 15.9 Å². The van der Waals surface area contributed by atoms with Gasteiger partial charge in [-0.1, -0.05) is 0 Å². The van der Waals surface area contributed by atoms with Crippen molar-refractivity contribution in [1.29, 1.82) is 0 Å². The number of nitrogens with zero attached hydrogens (tertiary/aromatic N) is 2. The number of carbonyl (C=O) groups is 1. The maximum absolute atomic E-state index is 11.3. The topological polar surface area (TPSA) is 52.1 Å². The minimum Gasteiger partial charge on any atom is -0.462 e. The third-order valence-electron chi connectivity index (χ3n) is 1.45. The highest BCUT2D eigenvalue weighted by Crippen LogP contribution is 2.08. The number of ether oxygens (including phenoxy) is 1. The fourth-order valence-electron chi connectivity index (χ4n) is 0.848. The third kappa shape index (κ3) is 2.48. The molecule has 0 radical (unpaired) electrons. The molecule has 0 saturated heterocycles. The maximum atomic E-state index is 11.3. The van der Waals surface area contributed by atoms with Crippen LogP contribution in [0, 0.1) is 6.92 Å². The van der Waals surface area contributed by atoms with Gasteiger partial charge in [0, 0.05) is 6.20 Å². The molecule has 0 amide bonds. The predicted molar refractivity (Wildman–Crippen MR) is 50.4 cm³/mol. The summed E-state index contributed by atoms with van der Waals surface area (Å²) < 4.78 is 5.28. The lowest BCUT2D eigenvalue weighted by molar-refractivity contribution is 0.0524. The minimum atomic E-state index is -0.382. The minimum absolute atomic E-state index is 0.355. The zero-order valence-corrected chi connectivity index (χ0v) is 8.96. The summed E-state index contributed by atoms with van der Waals surface area (Å²) in [6.07, 6.45) is 1.45. The molecule has 0 bridgehead atoms. The number of hydrogen-bond donors (Lipinski definition) is 0. The molecule has 0 aromatic carbocycles. The van der Waals surface area contributed by atoms with E-state index in [9.17, 15) is 4.79 Å². The molecule has 0 atom stereocenters. The first-order chi connectivity index (χ1) is 6.15. The highest BCUT2D eigenvalue weighted by molar-refractivity contribution is 9.10. The normalized spacial score (nSPS) is 9.77. The Morgan fingerprint density at radius 2 is 2.38 bits per heavy atom. The molecule has 0 aliphatic rings. The monoisotopic (exact) mass is 244 g/mol. The molecular formula is C8H9BrN2O2. The summed E-state index contributed by atoms with van der Waals surface area (Å²) in [7, 11) is 0. The van der Waals surface area contributed by atoms with Crippen LogP contribution in [0.1, 0.15) is 23.0 Å². The fourth-order valence-corrected chi connectivity index (χ4v) is 1.22. The molecule has 0 fully saturated rings.